The molecule has 1 rings (SSSR count). The maximum atomic E-state index is 10.1. The van der Waals surface area contributed by atoms with Crippen molar-refractivity contribution >= 4 is 15.9 Å². The number of ether oxygens (including phenoxy) is 1. The van der Waals surface area contributed by atoms with E-state index in [0.29, 0.717) is 19.4 Å². The Morgan fingerprint density at radius 3 is 2.44 bits per heavy atom. The fourth-order valence-electron chi connectivity index (χ4n) is 1.38. The zero-order chi connectivity index (χ0) is 12.2. The van der Waals surface area contributed by atoms with Gasteiger partial charge >= 0.3 is 0 Å². The number of benzene rings is 1. The number of hydrogen-bond donors (Lipinski definition) is 1. The first-order chi connectivity index (χ1) is 7.50. The molecule has 0 heterocycles. The maximum absolute atomic E-state index is 10.1. The first-order valence-electron chi connectivity index (χ1n) is 5.62. The second-order valence-electron chi connectivity index (χ2n) is 4.13. The summed E-state index contributed by atoms with van der Waals surface area (Å²) in [6.07, 6.45) is 1.41. The first kappa shape index (κ1) is 13.5. The summed E-state index contributed by atoms with van der Waals surface area (Å²) in [6, 6.07) is 5.83. The van der Waals surface area contributed by atoms with Crippen LogP contribution in [0.4, 0.5) is 0 Å². The van der Waals surface area contributed by atoms with Crippen molar-refractivity contribution in [2.45, 2.75) is 39.2 Å². The highest BCUT2D eigenvalue weighted by atomic mass is 79.9. The summed E-state index contributed by atoms with van der Waals surface area (Å²) in [4.78, 5) is 0. The van der Waals surface area contributed by atoms with E-state index < -0.39 is 5.60 Å². The topological polar surface area (TPSA) is 29.5 Å². The molecule has 0 unspecified atom stereocenters. The molecule has 0 amide bonds. The van der Waals surface area contributed by atoms with Gasteiger partial charge in [-0.25, -0.2) is 0 Å². The van der Waals surface area contributed by atoms with Gasteiger partial charge in [-0.05, 0) is 43.5 Å². The number of rotatable bonds is 5. The van der Waals surface area contributed by atoms with Gasteiger partial charge in [0.2, 0.25) is 0 Å². The summed E-state index contributed by atoms with van der Waals surface area (Å²) >= 11 is 3.44. The SMILES string of the molecule is CCC(O)(CC)COc1ccc(Br)c(C)c1. The number of hydrogen-bond acceptors (Lipinski definition) is 2. The van der Waals surface area contributed by atoms with Gasteiger partial charge in [0.1, 0.15) is 12.4 Å². The summed E-state index contributed by atoms with van der Waals surface area (Å²) in [5.74, 6) is 0.807. The third-order valence-electron chi connectivity index (χ3n) is 2.95. The highest BCUT2D eigenvalue weighted by molar-refractivity contribution is 9.10. The predicted octanol–water partition coefficient (Wildman–Crippen LogP) is 3.69. The van der Waals surface area contributed by atoms with Gasteiger partial charge in [-0.1, -0.05) is 29.8 Å². The lowest BCUT2D eigenvalue weighted by molar-refractivity contribution is -0.0113. The van der Waals surface area contributed by atoms with Crippen molar-refractivity contribution in [3.05, 3.63) is 28.2 Å². The zero-order valence-corrected chi connectivity index (χ0v) is 11.7. The van der Waals surface area contributed by atoms with E-state index in [1.54, 1.807) is 0 Å². The van der Waals surface area contributed by atoms with E-state index in [9.17, 15) is 5.11 Å². The van der Waals surface area contributed by atoms with Gasteiger partial charge < -0.3 is 9.84 Å². The average Bonchev–Trinajstić information content (AvgIpc) is 2.30. The van der Waals surface area contributed by atoms with Gasteiger partial charge in [0.05, 0.1) is 5.60 Å². The van der Waals surface area contributed by atoms with Crippen molar-refractivity contribution in [3.63, 3.8) is 0 Å². The largest absolute Gasteiger partial charge is 0.491 e. The Morgan fingerprint density at radius 2 is 1.94 bits per heavy atom. The summed E-state index contributed by atoms with van der Waals surface area (Å²) in [5, 5.41) is 10.1. The molecule has 0 spiro atoms. The van der Waals surface area contributed by atoms with E-state index in [1.807, 2.05) is 39.0 Å². The lowest BCUT2D eigenvalue weighted by atomic mass is 9.99. The lowest BCUT2D eigenvalue weighted by Gasteiger charge is -2.25. The summed E-state index contributed by atoms with van der Waals surface area (Å²) < 4.78 is 6.69. The van der Waals surface area contributed by atoms with Gasteiger partial charge in [-0.15, -0.1) is 0 Å². The number of halogens is 1. The molecule has 0 radical (unpaired) electrons. The van der Waals surface area contributed by atoms with Crippen molar-refractivity contribution in [2.75, 3.05) is 6.61 Å². The lowest BCUT2D eigenvalue weighted by Crippen LogP contribution is -2.34. The van der Waals surface area contributed by atoms with Crippen molar-refractivity contribution in [2.24, 2.45) is 0 Å². The van der Waals surface area contributed by atoms with Crippen LogP contribution in [0.3, 0.4) is 0 Å². The monoisotopic (exact) mass is 286 g/mol. The van der Waals surface area contributed by atoms with Crippen LogP contribution in [0.1, 0.15) is 32.3 Å². The number of aliphatic hydroxyl groups is 1. The average molecular weight is 287 g/mol. The second-order valence-corrected chi connectivity index (χ2v) is 4.99. The van der Waals surface area contributed by atoms with E-state index in [4.69, 9.17) is 4.74 Å². The molecule has 2 nitrogen and oxygen atoms in total. The molecule has 90 valence electrons. The third-order valence-corrected chi connectivity index (χ3v) is 3.84. The standard InChI is InChI=1S/C13H19BrO2/c1-4-13(15,5-2)9-16-11-6-7-12(14)10(3)8-11/h6-8,15H,4-5,9H2,1-3H3. The second kappa shape index (κ2) is 5.69. The first-order valence-corrected chi connectivity index (χ1v) is 6.41. The Hall–Kier alpha value is -0.540. The molecule has 0 saturated carbocycles. The molecule has 0 saturated heterocycles. The molecule has 1 N–H and O–H groups in total. The normalized spacial score (nSPS) is 11.6. The molecule has 0 aromatic heterocycles. The van der Waals surface area contributed by atoms with Crippen LogP contribution in [0.25, 0.3) is 0 Å². The third kappa shape index (κ3) is 3.49. The summed E-state index contributed by atoms with van der Waals surface area (Å²) in [6.45, 7) is 6.31. The maximum Gasteiger partial charge on any atom is 0.119 e. The minimum absolute atomic E-state index is 0.348. The molecule has 1 aromatic carbocycles. The van der Waals surface area contributed by atoms with Gasteiger partial charge in [0.25, 0.3) is 0 Å². The van der Waals surface area contributed by atoms with Crippen LogP contribution in [-0.4, -0.2) is 17.3 Å². The van der Waals surface area contributed by atoms with Crippen LogP contribution < -0.4 is 4.74 Å². The van der Waals surface area contributed by atoms with Gasteiger partial charge in [0.15, 0.2) is 0 Å². The Kier molecular flexibility index (Phi) is 4.81. The quantitative estimate of drug-likeness (QED) is 0.895. The van der Waals surface area contributed by atoms with Gasteiger partial charge in [-0.3, -0.25) is 0 Å². The predicted molar refractivity (Wildman–Crippen MR) is 69.9 cm³/mol. The molecular formula is C13H19BrO2. The van der Waals surface area contributed by atoms with Crippen molar-refractivity contribution in [1.29, 1.82) is 0 Å². The smallest absolute Gasteiger partial charge is 0.119 e. The Bertz CT molecular complexity index is 346. The van der Waals surface area contributed by atoms with Crippen LogP contribution in [0.15, 0.2) is 22.7 Å². The number of aryl methyl sites for hydroxylation is 1. The van der Waals surface area contributed by atoms with Crippen LogP contribution in [-0.2, 0) is 0 Å². The Morgan fingerprint density at radius 1 is 1.31 bits per heavy atom. The molecule has 0 aliphatic carbocycles. The van der Waals surface area contributed by atoms with E-state index in [2.05, 4.69) is 15.9 Å². The van der Waals surface area contributed by atoms with Crippen molar-refractivity contribution in [1.82, 2.24) is 0 Å². The fraction of sp³-hybridized carbons (Fsp3) is 0.538. The minimum atomic E-state index is -0.707. The van der Waals surface area contributed by atoms with Crippen LogP contribution in [0.5, 0.6) is 5.75 Å². The van der Waals surface area contributed by atoms with Crippen LogP contribution in [0, 0.1) is 6.92 Å². The highest BCUT2D eigenvalue weighted by Crippen LogP contribution is 2.23. The van der Waals surface area contributed by atoms with Crippen LogP contribution >= 0.6 is 15.9 Å². The molecular weight excluding hydrogens is 268 g/mol. The summed E-state index contributed by atoms with van der Waals surface area (Å²) in [7, 11) is 0. The van der Waals surface area contributed by atoms with Gasteiger partial charge in [0, 0.05) is 4.47 Å². The van der Waals surface area contributed by atoms with Crippen LogP contribution in [0.2, 0.25) is 0 Å². The molecule has 0 bridgehead atoms. The molecule has 0 fully saturated rings. The van der Waals surface area contributed by atoms with Crippen molar-refractivity contribution < 1.29 is 9.84 Å². The molecule has 0 aliphatic rings. The Balaban J connectivity index is 2.64. The highest BCUT2D eigenvalue weighted by Gasteiger charge is 2.23. The van der Waals surface area contributed by atoms with Crippen molar-refractivity contribution in [3.8, 4) is 5.75 Å². The molecule has 0 aliphatic heterocycles. The fourth-order valence-corrected chi connectivity index (χ4v) is 1.63. The molecule has 0 atom stereocenters. The summed E-state index contributed by atoms with van der Waals surface area (Å²) in [5.41, 5.74) is 0.426. The van der Waals surface area contributed by atoms with E-state index in [0.717, 1.165) is 15.8 Å². The molecule has 16 heavy (non-hydrogen) atoms. The van der Waals surface area contributed by atoms with E-state index in [-0.39, 0.29) is 0 Å². The van der Waals surface area contributed by atoms with E-state index in [1.165, 1.54) is 0 Å². The zero-order valence-electron chi connectivity index (χ0n) is 10.1. The minimum Gasteiger partial charge on any atom is -0.491 e. The van der Waals surface area contributed by atoms with E-state index >= 15 is 0 Å². The molecule has 1 aromatic rings. The Labute approximate surface area is 106 Å². The molecule has 3 heteroatoms. The van der Waals surface area contributed by atoms with Gasteiger partial charge in [-0.2, -0.15) is 0 Å².